The molecule has 1 heterocycles. The maximum atomic E-state index is 13.7. The molecule has 1 aromatic heterocycles. The minimum atomic E-state index is -1.25. The van der Waals surface area contributed by atoms with Crippen LogP contribution in [0.25, 0.3) is 0 Å². The van der Waals surface area contributed by atoms with Crippen molar-refractivity contribution in [3.63, 3.8) is 0 Å². The smallest absolute Gasteiger partial charge is 0.311 e. The number of anilines is 1. The second-order valence-corrected chi connectivity index (χ2v) is 5.61. The van der Waals surface area contributed by atoms with Crippen LogP contribution in [0.3, 0.4) is 0 Å². The van der Waals surface area contributed by atoms with Crippen LogP contribution in [-0.2, 0) is 16.0 Å². The Kier molecular flexibility index (Phi) is 6.16. The van der Waals surface area contributed by atoms with Gasteiger partial charge in [0.05, 0.1) is 30.5 Å². The molecule has 0 aliphatic heterocycles. The van der Waals surface area contributed by atoms with Gasteiger partial charge in [0.1, 0.15) is 16.7 Å². The first-order valence-electron chi connectivity index (χ1n) is 6.64. The van der Waals surface area contributed by atoms with Crippen molar-refractivity contribution in [2.24, 2.45) is 5.10 Å². The van der Waals surface area contributed by atoms with Crippen LogP contribution in [0.5, 0.6) is 0 Å². The van der Waals surface area contributed by atoms with E-state index in [1.807, 2.05) is 0 Å². The summed E-state index contributed by atoms with van der Waals surface area (Å²) in [5.41, 5.74) is 2.35. The number of hydrazone groups is 1. The molecular weight excluding hydrogens is 367 g/mol. The molecule has 0 unspecified atom stereocenters. The Hall–Kier alpha value is -2.13. The van der Waals surface area contributed by atoms with Crippen molar-refractivity contribution in [1.29, 1.82) is 0 Å². The second-order valence-electron chi connectivity index (χ2n) is 4.38. The van der Waals surface area contributed by atoms with E-state index >= 15 is 0 Å². The summed E-state index contributed by atoms with van der Waals surface area (Å²) in [6.45, 7) is 1.97. The van der Waals surface area contributed by atoms with E-state index in [0.717, 1.165) is 17.6 Å². The van der Waals surface area contributed by atoms with Crippen molar-refractivity contribution in [1.82, 2.24) is 4.98 Å². The third kappa shape index (κ3) is 4.45. The summed E-state index contributed by atoms with van der Waals surface area (Å²) >= 11 is 6.52. The average Bonchev–Trinajstić information content (AvgIpc) is 2.96. The van der Waals surface area contributed by atoms with E-state index in [4.69, 9.17) is 16.3 Å². The van der Waals surface area contributed by atoms with Gasteiger partial charge in [0.15, 0.2) is 5.82 Å². The van der Waals surface area contributed by atoms with E-state index in [9.17, 15) is 18.0 Å². The Labute approximate surface area is 144 Å². The molecule has 24 heavy (non-hydrogen) atoms. The summed E-state index contributed by atoms with van der Waals surface area (Å²) in [5.74, 6) is -3.99. The number of aromatic nitrogens is 1. The average molecular weight is 378 g/mol. The van der Waals surface area contributed by atoms with E-state index in [0.29, 0.717) is 16.9 Å². The van der Waals surface area contributed by atoms with Crippen LogP contribution < -0.4 is 5.43 Å². The quantitative estimate of drug-likeness (QED) is 0.274. The number of nitrogens with zero attached hydrogens (tertiary/aromatic N) is 2. The molecule has 0 saturated heterocycles. The van der Waals surface area contributed by atoms with Crippen LogP contribution in [0, 0.1) is 17.5 Å². The second kappa shape index (κ2) is 8.11. The van der Waals surface area contributed by atoms with Crippen LogP contribution in [0.4, 0.5) is 18.3 Å². The number of rotatable bonds is 6. The van der Waals surface area contributed by atoms with Crippen molar-refractivity contribution < 1.29 is 22.7 Å². The van der Waals surface area contributed by atoms with E-state index in [1.165, 1.54) is 0 Å². The van der Waals surface area contributed by atoms with Gasteiger partial charge in [-0.3, -0.25) is 10.2 Å². The number of esters is 1. The van der Waals surface area contributed by atoms with Crippen molar-refractivity contribution in [3.8, 4) is 0 Å². The number of carbonyl (C=O) groups is 1. The summed E-state index contributed by atoms with van der Waals surface area (Å²) in [4.78, 5) is 15.4. The fraction of sp³-hybridized carbons (Fsp3) is 0.214. The molecule has 0 spiro atoms. The number of ether oxygens (including phenoxy) is 1. The lowest BCUT2D eigenvalue weighted by Gasteiger charge is -2.02. The number of hydrogen-bond acceptors (Lipinski definition) is 6. The van der Waals surface area contributed by atoms with Crippen LogP contribution in [-0.4, -0.2) is 23.8 Å². The molecule has 0 atom stereocenters. The first-order valence-corrected chi connectivity index (χ1v) is 7.90. The Morgan fingerprint density at radius 1 is 1.46 bits per heavy atom. The zero-order valence-corrected chi connectivity index (χ0v) is 13.8. The van der Waals surface area contributed by atoms with E-state index < -0.39 is 34.0 Å². The Morgan fingerprint density at radius 3 is 2.92 bits per heavy atom. The molecule has 1 aromatic carbocycles. The van der Waals surface area contributed by atoms with Gasteiger partial charge >= 0.3 is 5.97 Å². The van der Waals surface area contributed by atoms with Gasteiger partial charge in [-0.15, -0.1) is 11.3 Å². The van der Waals surface area contributed by atoms with Crippen molar-refractivity contribution >= 4 is 40.3 Å². The summed E-state index contributed by atoms with van der Waals surface area (Å²) in [5, 5.41) is 4.73. The normalized spacial score (nSPS) is 11.0. The Balaban J connectivity index is 2.04. The molecule has 0 fully saturated rings. The fourth-order valence-electron chi connectivity index (χ4n) is 1.65. The predicted octanol–water partition coefficient (Wildman–Crippen LogP) is 3.77. The molecule has 1 N–H and O–H groups in total. The number of carbonyl (C=O) groups excluding carboxylic acids is 1. The minimum Gasteiger partial charge on any atom is -0.466 e. The van der Waals surface area contributed by atoms with Gasteiger partial charge in [-0.1, -0.05) is 11.6 Å². The van der Waals surface area contributed by atoms with Gasteiger partial charge in [0.2, 0.25) is 5.13 Å². The van der Waals surface area contributed by atoms with E-state index in [2.05, 4.69) is 15.5 Å². The third-order valence-electron chi connectivity index (χ3n) is 2.69. The van der Waals surface area contributed by atoms with Crippen molar-refractivity contribution in [3.05, 3.63) is 45.2 Å². The van der Waals surface area contributed by atoms with Crippen molar-refractivity contribution in [2.45, 2.75) is 13.3 Å². The van der Waals surface area contributed by atoms with Gasteiger partial charge in [0.25, 0.3) is 0 Å². The molecule has 0 aliphatic carbocycles. The van der Waals surface area contributed by atoms with Crippen LogP contribution in [0.2, 0.25) is 5.02 Å². The molecule has 0 amide bonds. The number of thiazole rings is 1. The molecule has 5 nitrogen and oxygen atoms in total. The zero-order chi connectivity index (χ0) is 17.7. The summed E-state index contributed by atoms with van der Waals surface area (Å²) < 4.78 is 45.0. The van der Waals surface area contributed by atoms with Gasteiger partial charge in [-0.2, -0.15) is 5.10 Å². The largest absolute Gasteiger partial charge is 0.466 e. The summed E-state index contributed by atoms with van der Waals surface area (Å²) in [6, 6.07) is 0.466. The van der Waals surface area contributed by atoms with Gasteiger partial charge < -0.3 is 4.74 Å². The lowest BCUT2D eigenvalue weighted by molar-refractivity contribution is -0.142. The molecule has 2 rings (SSSR count). The first-order chi connectivity index (χ1) is 11.4. The van der Waals surface area contributed by atoms with E-state index in [1.54, 1.807) is 12.3 Å². The molecular formula is C14H11ClF3N3O2S. The Morgan fingerprint density at radius 2 is 2.21 bits per heavy atom. The highest BCUT2D eigenvalue weighted by molar-refractivity contribution is 7.13. The van der Waals surface area contributed by atoms with Crippen LogP contribution in [0.15, 0.2) is 16.5 Å². The third-order valence-corrected chi connectivity index (χ3v) is 3.83. The Bertz CT molecular complexity index is 783. The topological polar surface area (TPSA) is 63.6 Å². The number of hydrogen-bond donors (Lipinski definition) is 1. The van der Waals surface area contributed by atoms with Crippen LogP contribution in [0.1, 0.15) is 18.2 Å². The van der Waals surface area contributed by atoms with E-state index in [-0.39, 0.29) is 13.0 Å². The van der Waals surface area contributed by atoms with Gasteiger partial charge in [-0.05, 0) is 6.92 Å². The SMILES string of the molecule is CCOC(=O)Cc1csc(NN=Cc2c(F)cc(F)c(Cl)c2F)n1. The highest BCUT2D eigenvalue weighted by Crippen LogP contribution is 2.23. The highest BCUT2D eigenvalue weighted by Gasteiger charge is 2.16. The van der Waals surface area contributed by atoms with Crippen LogP contribution >= 0.6 is 22.9 Å². The molecule has 0 aliphatic rings. The monoisotopic (exact) mass is 377 g/mol. The van der Waals surface area contributed by atoms with Crippen molar-refractivity contribution in [2.75, 3.05) is 12.0 Å². The lowest BCUT2D eigenvalue weighted by atomic mass is 10.2. The predicted molar refractivity (Wildman–Crippen MR) is 85.0 cm³/mol. The van der Waals surface area contributed by atoms with Gasteiger partial charge in [-0.25, -0.2) is 18.2 Å². The fourth-order valence-corrected chi connectivity index (χ4v) is 2.47. The zero-order valence-electron chi connectivity index (χ0n) is 12.3. The van der Waals surface area contributed by atoms with Gasteiger partial charge in [0, 0.05) is 11.4 Å². The maximum absolute atomic E-state index is 13.7. The lowest BCUT2D eigenvalue weighted by Crippen LogP contribution is -2.07. The maximum Gasteiger partial charge on any atom is 0.311 e. The molecule has 0 radical (unpaired) electrons. The highest BCUT2D eigenvalue weighted by atomic mass is 35.5. The molecule has 0 saturated carbocycles. The minimum absolute atomic E-state index is 0.00651. The summed E-state index contributed by atoms with van der Waals surface area (Å²) in [6.07, 6.45) is 0.828. The summed E-state index contributed by atoms with van der Waals surface area (Å²) in [7, 11) is 0. The number of nitrogens with one attached hydrogen (secondary N) is 1. The first kappa shape index (κ1) is 18.2. The number of halogens is 4. The number of benzene rings is 1. The standard InChI is InChI=1S/C14H11ClF3N3O2S/c1-2-23-11(22)3-7-6-24-14(20-7)21-19-5-8-9(16)4-10(17)12(15)13(8)18/h4-6H,2-3H2,1H3,(H,20,21). The molecule has 2 aromatic rings. The molecule has 10 heteroatoms. The molecule has 0 bridgehead atoms. The molecule has 128 valence electrons.